The molecule has 0 spiro atoms. The fourth-order valence-corrected chi connectivity index (χ4v) is 0.965. The normalized spacial score (nSPS) is 8.53. The summed E-state index contributed by atoms with van der Waals surface area (Å²) in [6, 6.07) is 3.36. The van der Waals surface area contributed by atoms with E-state index < -0.39 is 11.8 Å². The van der Waals surface area contributed by atoms with Crippen LogP contribution in [-0.2, 0) is 0 Å². The summed E-state index contributed by atoms with van der Waals surface area (Å²) >= 11 is 0. The Morgan fingerprint density at radius 3 is 2.73 bits per heavy atom. The molecule has 4 nitrogen and oxygen atoms in total. The molecule has 0 bridgehead atoms. The predicted octanol–water partition coefficient (Wildman–Crippen LogP) is 0.981. The first-order valence-corrected chi connectivity index (χ1v) is 3.78. The van der Waals surface area contributed by atoms with Crippen molar-refractivity contribution in [3.63, 3.8) is 0 Å². The van der Waals surface area contributed by atoms with Crippen LogP contribution in [0.15, 0.2) is 12.1 Å². The van der Waals surface area contributed by atoms with Gasteiger partial charge in [0.05, 0.1) is 11.1 Å². The van der Waals surface area contributed by atoms with E-state index in [1.54, 1.807) is 0 Å². The Hall–Kier alpha value is -2.53. The minimum Gasteiger partial charge on any atom is -0.478 e. The second kappa shape index (κ2) is 4.12. The van der Waals surface area contributed by atoms with Crippen LogP contribution in [0.5, 0.6) is 0 Å². The molecule has 0 aromatic heterocycles. The molecular formula is C10H5FN2O2. The average Bonchev–Trinajstić information content (AvgIpc) is 2.16. The van der Waals surface area contributed by atoms with Gasteiger partial charge >= 0.3 is 5.97 Å². The number of benzene rings is 1. The van der Waals surface area contributed by atoms with Crippen LogP contribution in [0.3, 0.4) is 0 Å². The number of carboxylic acid groups (broad SMARTS) is 1. The van der Waals surface area contributed by atoms with Crippen LogP contribution in [0, 0.1) is 29.0 Å². The summed E-state index contributed by atoms with van der Waals surface area (Å²) in [7, 11) is 0. The molecule has 3 N–H and O–H groups in total. The number of hydrogen-bond acceptors (Lipinski definition) is 3. The Morgan fingerprint density at radius 2 is 2.20 bits per heavy atom. The van der Waals surface area contributed by atoms with Gasteiger partial charge in [-0.05, 0) is 18.1 Å². The van der Waals surface area contributed by atoms with E-state index in [-0.39, 0.29) is 16.8 Å². The fourth-order valence-electron chi connectivity index (χ4n) is 0.965. The van der Waals surface area contributed by atoms with E-state index in [9.17, 15) is 9.18 Å². The Kier molecular flexibility index (Phi) is 2.90. The maximum atomic E-state index is 13.1. The largest absolute Gasteiger partial charge is 0.478 e. The SMILES string of the molecule is N#CC#Cc1cc(C(=O)O)c(N)cc1F. The molecule has 0 heterocycles. The maximum absolute atomic E-state index is 13.1. The molecule has 0 unspecified atom stereocenters. The number of halogens is 1. The smallest absolute Gasteiger partial charge is 0.337 e. The van der Waals surface area contributed by atoms with Crippen LogP contribution in [0.2, 0.25) is 0 Å². The summed E-state index contributed by atoms with van der Waals surface area (Å²) in [6.45, 7) is 0. The van der Waals surface area contributed by atoms with Crippen LogP contribution in [-0.4, -0.2) is 11.1 Å². The molecule has 0 atom stereocenters. The lowest BCUT2D eigenvalue weighted by molar-refractivity contribution is 0.0698. The van der Waals surface area contributed by atoms with E-state index in [4.69, 9.17) is 16.1 Å². The van der Waals surface area contributed by atoms with Gasteiger partial charge in [-0.3, -0.25) is 0 Å². The van der Waals surface area contributed by atoms with Gasteiger partial charge in [0.2, 0.25) is 0 Å². The number of nitrogen functional groups attached to an aromatic ring is 1. The summed E-state index contributed by atoms with van der Waals surface area (Å²) in [4.78, 5) is 10.6. The molecular weight excluding hydrogens is 199 g/mol. The van der Waals surface area contributed by atoms with Gasteiger partial charge in [-0.1, -0.05) is 0 Å². The summed E-state index contributed by atoms with van der Waals surface area (Å²) in [5.41, 5.74) is 4.71. The maximum Gasteiger partial charge on any atom is 0.337 e. The van der Waals surface area contributed by atoms with Gasteiger partial charge in [-0.25, -0.2) is 9.18 Å². The lowest BCUT2D eigenvalue weighted by Gasteiger charge is -2.02. The molecule has 0 aliphatic carbocycles. The molecule has 0 fully saturated rings. The van der Waals surface area contributed by atoms with Crippen molar-refractivity contribution in [1.82, 2.24) is 0 Å². The van der Waals surface area contributed by atoms with Crippen LogP contribution < -0.4 is 5.73 Å². The standard InChI is InChI=1S/C10H5FN2O2/c11-8-5-9(13)7(10(14)15)4-6(8)2-1-3-12/h4-5H,13H2,(H,14,15). The lowest BCUT2D eigenvalue weighted by Crippen LogP contribution is -2.04. The van der Waals surface area contributed by atoms with E-state index in [2.05, 4.69) is 5.92 Å². The molecule has 0 radical (unpaired) electrons. The van der Waals surface area contributed by atoms with Crippen molar-refractivity contribution in [2.45, 2.75) is 0 Å². The van der Waals surface area contributed by atoms with Crippen molar-refractivity contribution in [3.8, 4) is 17.9 Å². The van der Waals surface area contributed by atoms with Crippen molar-refractivity contribution < 1.29 is 14.3 Å². The predicted molar refractivity (Wildman–Crippen MR) is 50.3 cm³/mol. The number of rotatable bonds is 1. The zero-order chi connectivity index (χ0) is 11.4. The fraction of sp³-hybridized carbons (Fsp3) is 0. The first-order chi connectivity index (χ1) is 7.06. The van der Waals surface area contributed by atoms with E-state index in [1.807, 2.05) is 5.92 Å². The Bertz CT molecular complexity index is 521. The van der Waals surface area contributed by atoms with E-state index in [0.29, 0.717) is 0 Å². The average molecular weight is 204 g/mol. The second-order valence-electron chi connectivity index (χ2n) is 2.59. The Morgan fingerprint density at radius 1 is 1.53 bits per heavy atom. The van der Waals surface area contributed by atoms with Crippen LogP contribution in [0.1, 0.15) is 15.9 Å². The van der Waals surface area contributed by atoms with Gasteiger partial charge < -0.3 is 10.8 Å². The number of hydrogen-bond donors (Lipinski definition) is 2. The van der Waals surface area contributed by atoms with Gasteiger partial charge in [0.15, 0.2) is 6.07 Å². The summed E-state index contributed by atoms with van der Waals surface area (Å²) < 4.78 is 13.1. The Labute approximate surface area is 84.7 Å². The highest BCUT2D eigenvalue weighted by molar-refractivity contribution is 5.94. The number of carbonyl (C=O) groups is 1. The molecule has 1 aromatic rings. The van der Waals surface area contributed by atoms with Crippen molar-refractivity contribution >= 4 is 11.7 Å². The third-order valence-corrected chi connectivity index (χ3v) is 1.62. The number of aromatic carboxylic acids is 1. The first-order valence-electron chi connectivity index (χ1n) is 3.78. The third-order valence-electron chi connectivity index (χ3n) is 1.62. The van der Waals surface area contributed by atoms with Crippen LogP contribution in [0.4, 0.5) is 10.1 Å². The number of anilines is 1. The minimum absolute atomic E-state index is 0.164. The van der Waals surface area contributed by atoms with E-state index in [1.165, 1.54) is 6.07 Å². The zero-order valence-electron chi connectivity index (χ0n) is 7.41. The van der Waals surface area contributed by atoms with Crippen molar-refractivity contribution in [1.29, 1.82) is 5.26 Å². The molecule has 5 heteroatoms. The van der Waals surface area contributed by atoms with Crippen molar-refractivity contribution in [3.05, 3.63) is 29.1 Å². The Balaban J connectivity index is 3.37. The third kappa shape index (κ3) is 2.23. The minimum atomic E-state index is -1.27. The molecule has 1 aromatic carbocycles. The van der Waals surface area contributed by atoms with Crippen molar-refractivity contribution in [2.24, 2.45) is 0 Å². The molecule has 0 amide bonds. The van der Waals surface area contributed by atoms with E-state index in [0.717, 1.165) is 12.1 Å². The molecule has 0 aliphatic rings. The molecule has 0 aliphatic heterocycles. The highest BCUT2D eigenvalue weighted by Gasteiger charge is 2.11. The van der Waals surface area contributed by atoms with Gasteiger partial charge in [0, 0.05) is 11.6 Å². The molecule has 15 heavy (non-hydrogen) atoms. The van der Waals surface area contributed by atoms with Gasteiger partial charge in [-0.15, -0.1) is 0 Å². The van der Waals surface area contributed by atoms with Gasteiger partial charge in [0.1, 0.15) is 5.82 Å². The van der Waals surface area contributed by atoms with Crippen molar-refractivity contribution in [2.75, 3.05) is 5.73 Å². The van der Waals surface area contributed by atoms with Crippen LogP contribution in [0.25, 0.3) is 0 Å². The van der Waals surface area contributed by atoms with E-state index >= 15 is 0 Å². The highest BCUT2D eigenvalue weighted by atomic mass is 19.1. The molecule has 1 rings (SSSR count). The summed E-state index contributed by atoms with van der Waals surface area (Å²) in [6.07, 6.45) is 0. The van der Waals surface area contributed by atoms with Gasteiger partial charge in [-0.2, -0.15) is 5.26 Å². The quantitative estimate of drug-likeness (QED) is 0.527. The number of nitriles is 1. The molecule has 0 saturated heterocycles. The highest BCUT2D eigenvalue weighted by Crippen LogP contribution is 2.17. The summed E-state index contributed by atoms with van der Waals surface area (Å²) in [5, 5.41) is 16.9. The van der Waals surface area contributed by atoms with Gasteiger partial charge in [0.25, 0.3) is 0 Å². The number of nitrogens with two attached hydrogens (primary N) is 1. The molecule has 0 saturated carbocycles. The summed E-state index contributed by atoms with van der Waals surface area (Å²) in [5.74, 6) is 2.13. The lowest BCUT2D eigenvalue weighted by atomic mass is 10.1. The second-order valence-corrected chi connectivity index (χ2v) is 2.59. The zero-order valence-corrected chi connectivity index (χ0v) is 7.41. The monoisotopic (exact) mass is 204 g/mol. The number of carboxylic acids is 1. The first kappa shape index (κ1) is 10.6. The topological polar surface area (TPSA) is 87.1 Å². The van der Waals surface area contributed by atoms with Crippen LogP contribution >= 0.6 is 0 Å². The number of nitrogens with zero attached hydrogens (tertiary/aromatic N) is 1. The molecule has 74 valence electrons.